The first-order chi connectivity index (χ1) is 21.5. The highest BCUT2D eigenvalue weighted by Gasteiger charge is 2.66. The van der Waals surface area contributed by atoms with Crippen LogP contribution in [0.2, 0.25) is 5.04 Å². The lowest BCUT2D eigenvalue weighted by atomic mass is 10.0. The van der Waals surface area contributed by atoms with Gasteiger partial charge >= 0.3 is 0 Å². The summed E-state index contributed by atoms with van der Waals surface area (Å²) in [5, 5.41) is 2.23. The minimum absolute atomic E-state index is 0.183. The summed E-state index contributed by atoms with van der Waals surface area (Å²) in [6.45, 7) is 12.1. The Morgan fingerprint density at radius 1 is 0.889 bits per heavy atom. The predicted molar refractivity (Wildman–Crippen MR) is 188 cm³/mol. The molecule has 0 aliphatic carbocycles. The SMILES string of the molecule is CSC(=S)O[C@@H]1[C@H](CO[Si](c2ccccc2)(c2ccccc2)C(C)(C)C)O[C@@]2(CCCOCc3ccccc3)OC(C)(C)O[C@@H]12. The molecule has 0 radical (unpaired) electrons. The molecule has 5 rings (SSSR count). The highest BCUT2D eigenvalue weighted by atomic mass is 32.2. The molecule has 0 spiro atoms. The third-order valence-electron chi connectivity index (χ3n) is 8.48. The van der Waals surface area contributed by atoms with Gasteiger partial charge in [0.2, 0.25) is 10.2 Å². The number of benzene rings is 3. The van der Waals surface area contributed by atoms with E-state index in [0.717, 1.165) is 12.0 Å². The van der Waals surface area contributed by atoms with Gasteiger partial charge in [0.25, 0.3) is 8.32 Å². The van der Waals surface area contributed by atoms with Crippen LogP contribution in [-0.4, -0.2) is 62.1 Å². The van der Waals surface area contributed by atoms with E-state index in [9.17, 15) is 0 Å². The maximum atomic E-state index is 7.30. The molecule has 0 amide bonds. The van der Waals surface area contributed by atoms with Crippen molar-refractivity contribution in [1.29, 1.82) is 0 Å². The highest BCUT2D eigenvalue weighted by molar-refractivity contribution is 8.22. The van der Waals surface area contributed by atoms with Crippen LogP contribution in [-0.2, 0) is 34.7 Å². The van der Waals surface area contributed by atoms with Gasteiger partial charge in [-0.05, 0) is 59.7 Å². The van der Waals surface area contributed by atoms with E-state index in [1.807, 2.05) is 38.3 Å². The van der Waals surface area contributed by atoms with Gasteiger partial charge in [0.1, 0.15) is 6.10 Å². The van der Waals surface area contributed by atoms with Crippen molar-refractivity contribution in [3.05, 3.63) is 96.6 Å². The molecule has 2 fully saturated rings. The molecule has 3 aromatic rings. The molecule has 2 heterocycles. The zero-order valence-corrected chi connectivity index (χ0v) is 29.8. The number of hydrogen-bond acceptors (Lipinski definition) is 8. The van der Waals surface area contributed by atoms with E-state index in [1.54, 1.807) is 0 Å². The van der Waals surface area contributed by atoms with Gasteiger partial charge in [-0.25, -0.2) is 0 Å². The molecular weight excluding hydrogens is 621 g/mol. The number of thiocarbonyl (C=S) groups is 1. The van der Waals surface area contributed by atoms with Crippen molar-refractivity contribution < 1.29 is 28.1 Å². The van der Waals surface area contributed by atoms with Gasteiger partial charge in [-0.1, -0.05) is 124 Å². The summed E-state index contributed by atoms with van der Waals surface area (Å²) in [7, 11) is -2.83. The second kappa shape index (κ2) is 14.4. The van der Waals surface area contributed by atoms with Gasteiger partial charge in [-0.2, -0.15) is 0 Å². The Bertz CT molecular complexity index is 1350. The summed E-state index contributed by atoms with van der Waals surface area (Å²) in [4.78, 5) is 0. The fourth-order valence-electron chi connectivity index (χ4n) is 6.65. The molecule has 4 atom stereocenters. The van der Waals surface area contributed by atoms with E-state index in [-0.39, 0.29) is 5.04 Å². The third-order valence-corrected chi connectivity index (χ3v) is 14.5. The monoisotopic (exact) mass is 666 g/mol. The van der Waals surface area contributed by atoms with Crippen molar-refractivity contribution in [2.45, 2.75) is 89.0 Å². The Morgan fingerprint density at radius 3 is 2.02 bits per heavy atom. The number of fused-ring (bicyclic) bond motifs is 1. The fraction of sp³-hybridized carbons (Fsp3) is 0.472. The smallest absolute Gasteiger partial charge is 0.261 e. The van der Waals surface area contributed by atoms with Crippen LogP contribution in [0.5, 0.6) is 0 Å². The number of rotatable bonds is 12. The zero-order chi connectivity index (χ0) is 32.1. The number of thioether (sulfide) groups is 1. The molecule has 0 N–H and O–H groups in total. The Balaban J connectivity index is 1.41. The number of hydrogen-bond donors (Lipinski definition) is 0. The second-order valence-corrected chi connectivity index (χ2v) is 18.9. The van der Waals surface area contributed by atoms with Crippen LogP contribution in [0.25, 0.3) is 0 Å². The van der Waals surface area contributed by atoms with Crippen molar-refractivity contribution >= 4 is 47.1 Å². The Hall–Kier alpha value is -2.08. The average Bonchev–Trinajstić information content (AvgIpc) is 3.44. The zero-order valence-electron chi connectivity index (χ0n) is 27.2. The van der Waals surface area contributed by atoms with Gasteiger partial charge in [0.15, 0.2) is 18.0 Å². The lowest BCUT2D eigenvalue weighted by Gasteiger charge is -2.43. The molecule has 242 valence electrons. The van der Waals surface area contributed by atoms with E-state index in [0.29, 0.717) is 30.6 Å². The van der Waals surface area contributed by atoms with Crippen molar-refractivity contribution in [2.24, 2.45) is 0 Å². The van der Waals surface area contributed by atoms with Crippen molar-refractivity contribution in [3.8, 4) is 0 Å². The number of ether oxygens (including phenoxy) is 5. The van der Waals surface area contributed by atoms with Gasteiger partial charge in [0, 0.05) is 13.0 Å². The second-order valence-electron chi connectivity index (χ2n) is 13.2. The van der Waals surface area contributed by atoms with E-state index < -0.39 is 38.2 Å². The molecule has 0 bridgehead atoms. The average molecular weight is 667 g/mol. The standard InChI is InChI=1S/C36H46O6S2Si/c1-34(2,3)45(28-19-12-8-13-20-28,29-21-14-9-15-22-29)38-26-30-31(39-33(43)44-6)32-36(40-30,42-35(4,5)41-32)23-16-24-37-25-27-17-10-7-11-18-27/h7-15,17-22,30-32H,16,23-26H2,1-6H3/t30-,31+,32-,36-/m0/s1. The predicted octanol–water partition coefficient (Wildman–Crippen LogP) is 6.84. The quantitative estimate of drug-likeness (QED) is 0.118. The van der Waals surface area contributed by atoms with E-state index in [2.05, 4.69) is 93.6 Å². The summed E-state index contributed by atoms with van der Waals surface area (Å²) < 4.78 is 40.2. The van der Waals surface area contributed by atoms with Crippen LogP contribution in [0.15, 0.2) is 91.0 Å². The third kappa shape index (κ3) is 7.57. The molecule has 6 nitrogen and oxygen atoms in total. The molecule has 45 heavy (non-hydrogen) atoms. The maximum Gasteiger partial charge on any atom is 0.261 e. The lowest BCUT2D eigenvalue weighted by Crippen LogP contribution is -2.67. The maximum absolute atomic E-state index is 7.30. The van der Waals surface area contributed by atoms with Crippen LogP contribution < -0.4 is 10.4 Å². The summed E-state index contributed by atoms with van der Waals surface area (Å²) >= 11 is 6.97. The summed E-state index contributed by atoms with van der Waals surface area (Å²) in [5.41, 5.74) is 1.15. The molecule has 2 saturated heterocycles. The highest BCUT2D eigenvalue weighted by Crippen LogP contribution is 2.49. The molecule has 2 aliphatic rings. The molecule has 2 aliphatic heterocycles. The minimum atomic E-state index is -2.83. The van der Waals surface area contributed by atoms with E-state index in [4.69, 9.17) is 40.3 Å². The molecule has 3 aromatic carbocycles. The van der Waals surface area contributed by atoms with Gasteiger partial charge in [-0.3, -0.25) is 0 Å². The van der Waals surface area contributed by atoms with Crippen LogP contribution >= 0.6 is 24.0 Å². The van der Waals surface area contributed by atoms with Crippen LogP contribution in [0.1, 0.15) is 53.0 Å². The first-order valence-electron chi connectivity index (χ1n) is 15.7. The lowest BCUT2D eigenvalue weighted by molar-refractivity contribution is -0.268. The molecular formula is C36H46O6S2Si. The first kappa shape index (κ1) is 34.3. The molecule has 0 saturated carbocycles. The topological polar surface area (TPSA) is 55.4 Å². The molecule has 9 heteroatoms. The van der Waals surface area contributed by atoms with Crippen LogP contribution in [0.3, 0.4) is 0 Å². The van der Waals surface area contributed by atoms with Crippen molar-refractivity contribution in [1.82, 2.24) is 0 Å². The minimum Gasteiger partial charge on any atom is -0.469 e. The van der Waals surface area contributed by atoms with Crippen LogP contribution in [0.4, 0.5) is 0 Å². The van der Waals surface area contributed by atoms with E-state index >= 15 is 0 Å². The Morgan fingerprint density at radius 2 is 1.47 bits per heavy atom. The van der Waals surface area contributed by atoms with Crippen LogP contribution in [0, 0.1) is 0 Å². The fourth-order valence-corrected chi connectivity index (χ4v) is 11.5. The molecule has 0 unspecified atom stereocenters. The Kier molecular flexibility index (Phi) is 10.9. The summed E-state index contributed by atoms with van der Waals surface area (Å²) in [6, 6.07) is 31.4. The Labute approximate surface area is 279 Å². The van der Waals surface area contributed by atoms with Gasteiger partial charge < -0.3 is 28.1 Å². The van der Waals surface area contributed by atoms with Crippen molar-refractivity contribution in [3.63, 3.8) is 0 Å². The summed E-state index contributed by atoms with van der Waals surface area (Å²) in [5.74, 6) is -1.86. The molecule has 0 aromatic heterocycles. The van der Waals surface area contributed by atoms with Crippen molar-refractivity contribution in [2.75, 3.05) is 19.5 Å². The van der Waals surface area contributed by atoms with Gasteiger partial charge in [0.05, 0.1) is 13.2 Å². The largest absolute Gasteiger partial charge is 0.469 e. The van der Waals surface area contributed by atoms with E-state index in [1.165, 1.54) is 22.1 Å². The first-order valence-corrected chi connectivity index (χ1v) is 19.2. The van der Waals surface area contributed by atoms with Gasteiger partial charge in [-0.15, -0.1) is 0 Å². The summed E-state index contributed by atoms with van der Waals surface area (Å²) in [6.07, 6.45) is 1.76. The normalized spacial score (nSPS) is 24.4.